The van der Waals surface area contributed by atoms with E-state index in [1.54, 1.807) is 17.7 Å². The van der Waals surface area contributed by atoms with Gasteiger partial charge in [-0.15, -0.1) is 23.1 Å². The molecule has 5 N–H and O–H groups in total. The van der Waals surface area contributed by atoms with Crippen LogP contribution in [0.2, 0.25) is 0 Å². The van der Waals surface area contributed by atoms with Crippen molar-refractivity contribution in [3.8, 4) is 0 Å². The van der Waals surface area contributed by atoms with E-state index in [0.717, 1.165) is 28.0 Å². The Morgan fingerprint density at radius 3 is 2.94 bits per heavy atom. The maximum Gasteiger partial charge on any atom is 0.353 e. The molecular weight excluding hydrogens is 466 g/mol. The van der Waals surface area contributed by atoms with Crippen molar-refractivity contribution in [1.82, 2.24) is 15.2 Å². The van der Waals surface area contributed by atoms with Gasteiger partial charge in [-0.3, -0.25) is 14.5 Å². The van der Waals surface area contributed by atoms with Gasteiger partial charge in [0.05, 0.1) is 6.61 Å². The number of nitrogens with two attached hydrogens (primary N) is 1. The van der Waals surface area contributed by atoms with E-state index in [9.17, 15) is 19.5 Å². The minimum atomic E-state index is -1.24. The molecule has 166 valence electrons. The van der Waals surface area contributed by atoms with Gasteiger partial charge < -0.3 is 26.1 Å². The monoisotopic (exact) mass is 485 g/mol. The van der Waals surface area contributed by atoms with Crippen LogP contribution in [0.3, 0.4) is 0 Å². The van der Waals surface area contributed by atoms with Crippen molar-refractivity contribution < 1.29 is 29.4 Å². The second kappa shape index (κ2) is 10.2. The summed E-state index contributed by atoms with van der Waals surface area (Å²) < 4.78 is 0. The topological polar surface area (TPSA) is 167 Å². The van der Waals surface area contributed by atoms with Gasteiger partial charge in [0.15, 0.2) is 10.8 Å². The summed E-state index contributed by atoms with van der Waals surface area (Å²) in [5.41, 5.74) is 5.60. The van der Waals surface area contributed by atoms with Crippen molar-refractivity contribution in [2.75, 3.05) is 24.7 Å². The maximum absolute atomic E-state index is 12.8. The summed E-state index contributed by atoms with van der Waals surface area (Å²) in [5, 5.41) is 27.7. The molecule has 2 amide bonds. The Bertz CT molecular complexity index is 975. The Morgan fingerprint density at radius 2 is 2.32 bits per heavy atom. The first-order valence-electron chi connectivity index (χ1n) is 8.94. The minimum absolute atomic E-state index is 0.123. The minimum Gasteiger partial charge on any atom is -0.477 e. The number of thiazole rings is 1. The van der Waals surface area contributed by atoms with Gasteiger partial charge in [-0.05, 0) is 12.3 Å². The van der Waals surface area contributed by atoms with E-state index in [-0.39, 0.29) is 35.4 Å². The second-order valence-corrected chi connectivity index (χ2v) is 9.03. The number of anilines is 1. The number of amides is 2. The first-order valence-corrected chi connectivity index (χ1v) is 11.8. The Balaban J connectivity index is 1.78. The van der Waals surface area contributed by atoms with E-state index >= 15 is 0 Å². The predicted molar refractivity (Wildman–Crippen MR) is 118 cm³/mol. The van der Waals surface area contributed by atoms with Crippen molar-refractivity contribution in [2.45, 2.75) is 18.3 Å². The van der Waals surface area contributed by atoms with Crippen LogP contribution in [0.1, 0.15) is 12.6 Å². The van der Waals surface area contributed by atoms with Crippen molar-refractivity contribution >= 4 is 63.5 Å². The van der Waals surface area contributed by atoms with E-state index in [4.69, 9.17) is 15.7 Å². The van der Waals surface area contributed by atoms with Crippen LogP contribution in [-0.2, 0) is 19.2 Å². The third kappa shape index (κ3) is 4.87. The van der Waals surface area contributed by atoms with E-state index in [1.807, 2.05) is 0 Å². The lowest BCUT2D eigenvalue weighted by Gasteiger charge is -2.49. The summed E-state index contributed by atoms with van der Waals surface area (Å²) in [6, 6.07) is -0.922. The lowest BCUT2D eigenvalue weighted by atomic mass is 10.0. The molecule has 31 heavy (non-hydrogen) atoms. The van der Waals surface area contributed by atoms with Crippen molar-refractivity contribution in [2.24, 2.45) is 5.16 Å². The molecular formula is C17H19N5O6S3. The van der Waals surface area contributed by atoms with Crippen molar-refractivity contribution in [3.63, 3.8) is 0 Å². The molecule has 2 atom stereocenters. The number of nitrogens with zero attached hydrogens (tertiary/aromatic N) is 3. The van der Waals surface area contributed by atoms with E-state index in [0.29, 0.717) is 10.7 Å². The number of carbonyl (C=O) groups is 3. The molecule has 2 aliphatic heterocycles. The third-order valence-corrected chi connectivity index (χ3v) is 7.19. The SMILES string of the molecule is CCO/N=C(\C(=O)NC1C(=O)N2C(C(=O)O)=C(S/C=C\CO)CS[C@H]12)c1csc(N)n1. The summed E-state index contributed by atoms with van der Waals surface area (Å²) in [7, 11) is 0. The molecule has 1 aromatic heterocycles. The number of nitrogen functional groups attached to an aromatic ring is 1. The molecule has 14 heteroatoms. The zero-order valence-electron chi connectivity index (χ0n) is 16.2. The Hall–Kier alpha value is -2.55. The number of aromatic nitrogens is 1. The first kappa shape index (κ1) is 23.1. The van der Waals surface area contributed by atoms with Crippen LogP contribution in [0.5, 0.6) is 0 Å². The number of carboxylic acid groups (broad SMARTS) is 1. The fraction of sp³-hybridized carbons (Fsp3) is 0.353. The molecule has 3 rings (SSSR count). The highest BCUT2D eigenvalue weighted by atomic mass is 32.2. The maximum atomic E-state index is 12.8. The molecule has 1 unspecified atom stereocenters. The molecule has 0 aromatic carbocycles. The number of aliphatic hydroxyl groups excluding tert-OH is 1. The number of aliphatic carboxylic acids is 1. The van der Waals surface area contributed by atoms with Crippen LogP contribution in [0, 0.1) is 0 Å². The molecule has 0 bridgehead atoms. The Kier molecular flexibility index (Phi) is 7.59. The lowest BCUT2D eigenvalue weighted by Crippen LogP contribution is -2.71. The summed E-state index contributed by atoms with van der Waals surface area (Å²) in [4.78, 5) is 48.0. The number of oxime groups is 1. The molecule has 0 spiro atoms. The average molecular weight is 486 g/mol. The Labute approximate surface area is 189 Å². The van der Waals surface area contributed by atoms with Gasteiger partial charge in [0.2, 0.25) is 0 Å². The lowest BCUT2D eigenvalue weighted by molar-refractivity contribution is -0.150. The van der Waals surface area contributed by atoms with E-state index < -0.39 is 29.2 Å². The number of carbonyl (C=O) groups excluding carboxylic acids is 2. The molecule has 2 aliphatic rings. The number of carboxylic acids is 1. The predicted octanol–water partition coefficient (Wildman–Crippen LogP) is 0.401. The number of thioether (sulfide) groups is 2. The largest absolute Gasteiger partial charge is 0.477 e. The molecule has 0 radical (unpaired) electrons. The normalized spacial score (nSPS) is 21.2. The molecule has 3 heterocycles. The number of hydrogen-bond acceptors (Lipinski definition) is 11. The molecule has 1 aromatic rings. The van der Waals surface area contributed by atoms with Crippen molar-refractivity contribution in [1.29, 1.82) is 0 Å². The zero-order valence-corrected chi connectivity index (χ0v) is 18.6. The highest BCUT2D eigenvalue weighted by molar-refractivity contribution is 8.08. The summed E-state index contributed by atoms with van der Waals surface area (Å²) in [6.07, 6.45) is 1.47. The summed E-state index contributed by atoms with van der Waals surface area (Å²) in [5.74, 6) is -2.12. The summed E-state index contributed by atoms with van der Waals surface area (Å²) >= 11 is 3.59. The smallest absolute Gasteiger partial charge is 0.353 e. The van der Waals surface area contributed by atoms with Gasteiger partial charge in [-0.1, -0.05) is 23.0 Å². The fourth-order valence-electron chi connectivity index (χ4n) is 2.79. The van der Waals surface area contributed by atoms with E-state index in [1.165, 1.54) is 17.8 Å². The number of fused-ring (bicyclic) bond motifs is 1. The molecule has 0 aliphatic carbocycles. The Morgan fingerprint density at radius 1 is 1.55 bits per heavy atom. The number of hydrogen-bond donors (Lipinski definition) is 4. The van der Waals surface area contributed by atoms with Gasteiger partial charge in [-0.25, -0.2) is 9.78 Å². The van der Waals surface area contributed by atoms with Gasteiger partial charge in [0, 0.05) is 16.0 Å². The molecule has 1 fully saturated rings. The van der Waals surface area contributed by atoms with Crippen LogP contribution in [0.15, 0.2) is 32.6 Å². The second-order valence-electron chi connectivity index (χ2n) is 6.04. The van der Waals surface area contributed by atoms with Gasteiger partial charge in [0.25, 0.3) is 11.8 Å². The fourth-order valence-corrected chi connectivity index (χ4v) is 5.66. The summed E-state index contributed by atoms with van der Waals surface area (Å²) in [6.45, 7) is 1.75. The standard InChI is InChI=1S/C17H19N5O6S3/c1-2-28-21-10(8-6-31-17(18)19-8)13(24)20-11-14(25)22-12(16(26)27)9(7-30-15(11)22)29-5-3-4-23/h3,5-6,11,15,23H,2,4,7H2,1H3,(H2,18,19)(H,20,24)(H,26,27)/b5-3-,21-10-/t11?,15-/m1/s1. The molecule has 1 saturated heterocycles. The zero-order chi connectivity index (χ0) is 22.5. The van der Waals surface area contributed by atoms with E-state index in [2.05, 4.69) is 15.5 Å². The first-order chi connectivity index (χ1) is 14.9. The third-order valence-electron chi connectivity index (χ3n) is 4.10. The number of rotatable bonds is 9. The average Bonchev–Trinajstić information content (AvgIpc) is 3.17. The number of nitrogens with one attached hydrogen (secondary N) is 1. The van der Waals surface area contributed by atoms with Gasteiger partial charge in [0.1, 0.15) is 29.4 Å². The highest BCUT2D eigenvalue weighted by Crippen LogP contribution is 2.43. The van der Waals surface area contributed by atoms with Crippen LogP contribution < -0.4 is 11.1 Å². The quantitative estimate of drug-likeness (QED) is 0.218. The van der Waals surface area contributed by atoms with Crippen LogP contribution in [0.25, 0.3) is 0 Å². The molecule has 0 saturated carbocycles. The number of β-lactam (4-membered cyclic amide) rings is 1. The van der Waals surface area contributed by atoms with Crippen LogP contribution >= 0.6 is 34.9 Å². The van der Waals surface area contributed by atoms with Gasteiger partial charge in [-0.2, -0.15) is 0 Å². The van der Waals surface area contributed by atoms with Gasteiger partial charge >= 0.3 is 5.97 Å². The van der Waals surface area contributed by atoms with Crippen LogP contribution in [-0.4, -0.2) is 74.0 Å². The highest BCUT2D eigenvalue weighted by Gasteiger charge is 2.54. The van der Waals surface area contributed by atoms with Crippen LogP contribution in [0.4, 0.5) is 5.13 Å². The van der Waals surface area contributed by atoms with Crippen molar-refractivity contribution in [3.05, 3.63) is 33.2 Å². The molecule has 11 nitrogen and oxygen atoms in total. The number of aliphatic hydroxyl groups is 1.